The SMILES string of the molecule is CC1(C)CC1NCc1csc([N+](=O)[O-])c1. The lowest BCUT2D eigenvalue weighted by Gasteiger charge is -2.04. The summed E-state index contributed by atoms with van der Waals surface area (Å²) in [5.74, 6) is 0. The van der Waals surface area contributed by atoms with Gasteiger partial charge in [0.05, 0.1) is 4.92 Å². The molecule has 5 heteroatoms. The van der Waals surface area contributed by atoms with E-state index in [9.17, 15) is 10.1 Å². The van der Waals surface area contributed by atoms with Crippen LogP contribution in [0.2, 0.25) is 0 Å². The maximum absolute atomic E-state index is 10.5. The van der Waals surface area contributed by atoms with Gasteiger partial charge in [-0.2, -0.15) is 0 Å². The van der Waals surface area contributed by atoms with Crippen molar-refractivity contribution in [3.8, 4) is 0 Å². The lowest BCUT2D eigenvalue weighted by Crippen LogP contribution is -2.19. The topological polar surface area (TPSA) is 55.2 Å². The van der Waals surface area contributed by atoms with Crippen LogP contribution in [0.4, 0.5) is 5.00 Å². The minimum absolute atomic E-state index is 0.224. The second-order valence-electron chi connectivity index (χ2n) is 4.68. The first kappa shape index (κ1) is 10.6. The molecule has 1 aliphatic carbocycles. The van der Waals surface area contributed by atoms with E-state index in [1.54, 1.807) is 6.07 Å². The minimum Gasteiger partial charge on any atom is -0.309 e. The molecule has 1 heterocycles. The van der Waals surface area contributed by atoms with E-state index in [2.05, 4.69) is 19.2 Å². The second-order valence-corrected chi connectivity index (χ2v) is 5.57. The number of hydrogen-bond donors (Lipinski definition) is 1. The number of nitro groups is 1. The van der Waals surface area contributed by atoms with Crippen LogP contribution in [0.15, 0.2) is 11.4 Å². The summed E-state index contributed by atoms with van der Waals surface area (Å²) in [6, 6.07) is 2.21. The Morgan fingerprint density at radius 1 is 1.73 bits per heavy atom. The molecule has 1 aromatic rings. The van der Waals surface area contributed by atoms with Crippen LogP contribution in [-0.4, -0.2) is 11.0 Å². The maximum atomic E-state index is 10.5. The van der Waals surface area contributed by atoms with Gasteiger partial charge in [-0.1, -0.05) is 25.2 Å². The fourth-order valence-corrected chi connectivity index (χ4v) is 2.34. The van der Waals surface area contributed by atoms with Gasteiger partial charge in [-0.25, -0.2) is 0 Å². The van der Waals surface area contributed by atoms with E-state index in [0.717, 1.165) is 12.1 Å². The molecule has 2 rings (SSSR count). The van der Waals surface area contributed by atoms with Gasteiger partial charge in [0.1, 0.15) is 0 Å². The molecule has 0 saturated heterocycles. The van der Waals surface area contributed by atoms with Crippen molar-refractivity contribution in [2.75, 3.05) is 0 Å². The third-order valence-corrected chi connectivity index (χ3v) is 3.81. The molecule has 0 aromatic carbocycles. The molecular formula is C10H14N2O2S. The quantitative estimate of drug-likeness (QED) is 0.634. The lowest BCUT2D eigenvalue weighted by atomic mass is 10.2. The third kappa shape index (κ3) is 2.35. The van der Waals surface area contributed by atoms with E-state index in [-0.39, 0.29) is 9.92 Å². The average molecular weight is 226 g/mol. The van der Waals surface area contributed by atoms with Crippen LogP contribution in [0, 0.1) is 15.5 Å². The molecule has 0 aliphatic heterocycles. The van der Waals surface area contributed by atoms with Gasteiger partial charge in [0.25, 0.3) is 0 Å². The maximum Gasteiger partial charge on any atom is 0.324 e. The summed E-state index contributed by atoms with van der Waals surface area (Å²) >= 11 is 1.19. The highest BCUT2D eigenvalue weighted by Gasteiger charge is 2.44. The molecule has 1 aromatic heterocycles. The van der Waals surface area contributed by atoms with Crippen LogP contribution in [0.5, 0.6) is 0 Å². The normalized spacial score (nSPS) is 22.7. The van der Waals surface area contributed by atoms with Crippen molar-refractivity contribution in [1.29, 1.82) is 0 Å². The summed E-state index contributed by atoms with van der Waals surface area (Å²) in [4.78, 5) is 10.1. The predicted octanol–water partition coefficient (Wildman–Crippen LogP) is 2.54. The third-order valence-electron chi connectivity index (χ3n) is 2.89. The number of nitrogens with zero attached hydrogens (tertiary/aromatic N) is 1. The summed E-state index contributed by atoms with van der Waals surface area (Å²) < 4.78 is 0. The number of thiophene rings is 1. The fraction of sp³-hybridized carbons (Fsp3) is 0.600. The summed E-state index contributed by atoms with van der Waals surface area (Å²) in [5, 5.41) is 15.9. The summed E-state index contributed by atoms with van der Waals surface area (Å²) in [6.07, 6.45) is 1.19. The Morgan fingerprint density at radius 3 is 2.87 bits per heavy atom. The van der Waals surface area contributed by atoms with Gasteiger partial charge >= 0.3 is 5.00 Å². The Kier molecular flexibility index (Phi) is 2.52. The zero-order chi connectivity index (χ0) is 11.1. The van der Waals surface area contributed by atoms with Gasteiger partial charge in [-0.15, -0.1) is 0 Å². The summed E-state index contributed by atoms with van der Waals surface area (Å²) in [5.41, 5.74) is 1.41. The average Bonchev–Trinajstić information content (AvgIpc) is 2.63. The standard InChI is InChI=1S/C10H14N2O2S/c1-10(2)4-8(10)11-5-7-3-9(12(13)14)15-6-7/h3,6,8,11H,4-5H2,1-2H3. The van der Waals surface area contributed by atoms with Gasteiger partial charge in [0.2, 0.25) is 0 Å². The van der Waals surface area contributed by atoms with Gasteiger partial charge in [-0.05, 0) is 17.4 Å². The van der Waals surface area contributed by atoms with Crippen LogP contribution in [0.1, 0.15) is 25.8 Å². The van der Waals surface area contributed by atoms with Gasteiger partial charge in [0, 0.05) is 24.0 Å². The molecule has 0 radical (unpaired) electrons. The van der Waals surface area contributed by atoms with E-state index >= 15 is 0 Å². The zero-order valence-electron chi connectivity index (χ0n) is 8.82. The first-order chi connectivity index (χ1) is 6.99. The zero-order valence-corrected chi connectivity index (χ0v) is 9.63. The highest BCUT2D eigenvalue weighted by molar-refractivity contribution is 7.13. The predicted molar refractivity (Wildman–Crippen MR) is 60.0 cm³/mol. The molecule has 0 spiro atoms. The van der Waals surface area contributed by atoms with Gasteiger partial charge in [0.15, 0.2) is 0 Å². The Bertz CT molecular complexity index is 387. The molecule has 0 amide bonds. The van der Waals surface area contributed by atoms with Crippen molar-refractivity contribution in [3.05, 3.63) is 27.1 Å². The molecule has 1 aliphatic rings. The molecule has 82 valence electrons. The number of rotatable bonds is 4. The van der Waals surface area contributed by atoms with Crippen molar-refractivity contribution < 1.29 is 4.92 Å². The van der Waals surface area contributed by atoms with Gasteiger partial charge < -0.3 is 5.32 Å². The van der Waals surface area contributed by atoms with Crippen molar-refractivity contribution in [1.82, 2.24) is 5.32 Å². The van der Waals surface area contributed by atoms with Crippen LogP contribution in [-0.2, 0) is 6.54 Å². The van der Waals surface area contributed by atoms with Gasteiger partial charge in [-0.3, -0.25) is 10.1 Å². The molecular weight excluding hydrogens is 212 g/mol. The number of hydrogen-bond acceptors (Lipinski definition) is 4. The molecule has 1 saturated carbocycles. The monoisotopic (exact) mass is 226 g/mol. The highest BCUT2D eigenvalue weighted by atomic mass is 32.1. The van der Waals surface area contributed by atoms with Crippen LogP contribution >= 0.6 is 11.3 Å². The highest BCUT2D eigenvalue weighted by Crippen LogP contribution is 2.44. The molecule has 1 fully saturated rings. The minimum atomic E-state index is -0.338. The smallest absolute Gasteiger partial charge is 0.309 e. The van der Waals surface area contributed by atoms with Crippen molar-refractivity contribution in [2.45, 2.75) is 32.9 Å². The van der Waals surface area contributed by atoms with E-state index in [0.29, 0.717) is 11.5 Å². The molecule has 1 atom stereocenters. The van der Waals surface area contributed by atoms with E-state index in [4.69, 9.17) is 0 Å². The van der Waals surface area contributed by atoms with Crippen molar-refractivity contribution in [3.63, 3.8) is 0 Å². The second kappa shape index (κ2) is 3.57. The Labute approximate surface area is 92.5 Å². The Hall–Kier alpha value is -0.940. The number of nitrogens with one attached hydrogen (secondary N) is 1. The van der Waals surface area contributed by atoms with Crippen LogP contribution in [0.25, 0.3) is 0 Å². The summed E-state index contributed by atoms with van der Waals surface area (Å²) in [6.45, 7) is 5.18. The lowest BCUT2D eigenvalue weighted by molar-refractivity contribution is -0.380. The first-order valence-electron chi connectivity index (χ1n) is 4.94. The van der Waals surface area contributed by atoms with E-state index in [1.807, 2.05) is 5.38 Å². The first-order valence-corrected chi connectivity index (χ1v) is 5.82. The summed E-state index contributed by atoms with van der Waals surface area (Å²) in [7, 11) is 0. The van der Waals surface area contributed by atoms with E-state index in [1.165, 1.54) is 17.8 Å². The Balaban J connectivity index is 1.86. The fourth-order valence-electron chi connectivity index (χ4n) is 1.61. The molecule has 4 nitrogen and oxygen atoms in total. The van der Waals surface area contributed by atoms with Crippen molar-refractivity contribution >= 4 is 16.3 Å². The largest absolute Gasteiger partial charge is 0.324 e. The molecule has 15 heavy (non-hydrogen) atoms. The van der Waals surface area contributed by atoms with E-state index < -0.39 is 0 Å². The molecule has 1 N–H and O–H groups in total. The van der Waals surface area contributed by atoms with Crippen LogP contribution in [0.3, 0.4) is 0 Å². The Morgan fingerprint density at radius 2 is 2.40 bits per heavy atom. The van der Waals surface area contributed by atoms with Crippen LogP contribution < -0.4 is 5.32 Å². The van der Waals surface area contributed by atoms with Crippen molar-refractivity contribution in [2.24, 2.45) is 5.41 Å². The molecule has 0 bridgehead atoms. The molecule has 1 unspecified atom stereocenters.